The highest BCUT2D eigenvalue weighted by Gasteiger charge is 2.11. The fourth-order valence-electron chi connectivity index (χ4n) is 1.96. The summed E-state index contributed by atoms with van der Waals surface area (Å²) in [6, 6.07) is 10.1. The molecule has 0 unspecified atom stereocenters. The van der Waals surface area contributed by atoms with E-state index in [1.807, 2.05) is 0 Å². The van der Waals surface area contributed by atoms with Gasteiger partial charge in [-0.15, -0.1) is 0 Å². The lowest BCUT2D eigenvalue weighted by molar-refractivity contribution is 0.0705. The molecule has 2 aromatic carbocycles. The van der Waals surface area contributed by atoms with E-state index in [1.165, 1.54) is 31.8 Å². The largest absolute Gasteiger partial charge is 0.497 e. The van der Waals surface area contributed by atoms with Gasteiger partial charge in [-0.05, 0) is 42.5 Å². The Kier molecular flexibility index (Phi) is 5.80. The van der Waals surface area contributed by atoms with Crippen LogP contribution in [0.2, 0.25) is 0 Å². The molecule has 0 radical (unpaired) electrons. The first-order valence-electron chi connectivity index (χ1n) is 7.16. The van der Waals surface area contributed by atoms with Crippen LogP contribution >= 0.6 is 0 Å². The molecule has 0 heterocycles. The molecule has 8 heteroatoms. The van der Waals surface area contributed by atoms with Gasteiger partial charge >= 0.3 is 0 Å². The van der Waals surface area contributed by atoms with Crippen molar-refractivity contribution >= 4 is 18.0 Å². The van der Waals surface area contributed by atoms with Crippen LogP contribution in [0.5, 0.6) is 5.75 Å². The Labute approximate surface area is 143 Å². The lowest BCUT2D eigenvalue weighted by Gasteiger charge is -2.11. The number of ether oxygens (including phenoxy) is 1. The third-order valence-corrected chi connectivity index (χ3v) is 3.37. The molecule has 0 aliphatic carbocycles. The van der Waals surface area contributed by atoms with Crippen LogP contribution in [-0.2, 0) is 0 Å². The van der Waals surface area contributed by atoms with Crippen molar-refractivity contribution in [3.8, 4) is 5.75 Å². The second-order valence-corrected chi connectivity index (χ2v) is 4.98. The van der Waals surface area contributed by atoms with Gasteiger partial charge in [-0.25, -0.2) is 14.9 Å². The maximum absolute atomic E-state index is 13.9. The van der Waals surface area contributed by atoms with Gasteiger partial charge in [-0.1, -0.05) is 0 Å². The summed E-state index contributed by atoms with van der Waals surface area (Å²) < 4.78 is 19.0. The molecular weight excluding hydrogens is 329 g/mol. The van der Waals surface area contributed by atoms with E-state index in [4.69, 9.17) is 9.94 Å². The maximum Gasteiger partial charge on any atom is 0.274 e. The molecular formula is C17H16FN3O4. The summed E-state index contributed by atoms with van der Waals surface area (Å²) in [6.45, 7) is 0. The smallest absolute Gasteiger partial charge is 0.274 e. The number of rotatable bonds is 5. The summed E-state index contributed by atoms with van der Waals surface area (Å²) in [5.41, 5.74) is 1.86. The second-order valence-electron chi connectivity index (χ2n) is 4.98. The molecule has 0 atom stereocenters. The van der Waals surface area contributed by atoms with Gasteiger partial charge < -0.3 is 4.74 Å². The molecule has 2 rings (SSSR count). The number of halogens is 1. The number of hydrogen-bond donors (Lipinski definition) is 2. The van der Waals surface area contributed by atoms with Gasteiger partial charge in [-0.3, -0.25) is 14.8 Å². The Morgan fingerprint density at radius 3 is 2.40 bits per heavy atom. The zero-order valence-corrected chi connectivity index (χ0v) is 13.6. The van der Waals surface area contributed by atoms with Gasteiger partial charge in [0, 0.05) is 23.7 Å². The quantitative estimate of drug-likeness (QED) is 0.493. The first-order chi connectivity index (χ1) is 12.0. The monoisotopic (exact) mass is 345 g/mol. The Morgan fingerprint density at radius 2 is 1.84 bits per heavy atom. The molecule has 0 saturated carbocycles. The van der Waals surface area contributed by atoms with Crippen LogP contribution in [0.4, 0.5) is 4.39 Å². The number of hydrazone groups is 1. The van der Waals surface area contributed by atoms with Crippen LogP contribution in [-0.4, -0.2) is 42.4 Å². The number of methoxy groups -OCH3 is 1. The van der Waals surface area contributed by atoms with Crippen LogP contribution in [0.25, 0.3) is 0 Å². The number of carbonyl (C=O) groups is 2. The number of hydroxylamine groups is 1. The third kappa shape index (κ3) is 4.39. The molecule has 0 bridgehead atoms. The Morgan fingerprint density at radius 1 is 1.20 bits per heavy atom. The predicted octanol–water partition coefficient (Wildman–Crippen LogP) is 2.06. The summed E-state index contributed by atoms with van der Waals surface area (Å²) in [5.74, 6) is -1.29. The zero-order valence-electron chi connectivity index (χ0n) is 13.6. The molecule has 0 aliphatic rings. The molecule has 2 N–H and O–H groups in total. The minimum atomic E-state index is -0.825. The lowest BCUT2D eigenvalue weighted by atomic mass is 10.1. The van der Waals surface area contributed by atoms with E-state index in [1.54, 1.807) is 24.3 Å². The van der Waals surface area contributed by atoms with Gasteiger partial charge in [0.25, 0.3) is 11.8 Å². The van der Waals surface area contributed by atoms with Crippen molar-refractivity contribution in [2.45, 2.75) is 0 Å². The number of amides is 2. The molecule has 0 spiro atoms. The standard InChI is InChI=1S/C17H16FN3O4/c1-21(17(23)11-5-7-14(25-2)8-6-11)19-10-13-4-3-12(9-15(13)18)16(22)20-24/h3-10,24H,1-2H3,(H,20,22)/b19-10+. The number of carbonyl (C=O) groups excluding carboxylic acids is 2. The fraction of sp³-hybridized carbons (Fsp3) is 0.118. The minimum Gasteiger partial charge on any atom is -0.497 e. The zero-order chi connectivity index (χ0) is 18.4. The molecule has 0 aliphatic heterocycles. The van der Waals surface area contributed by atoms with Crippen molar-refractivity contribution < 1.29 is 23.9 Å². The van der Waals surface area contributed by atoms with Gasteiger partial charge in [-0.2, -0.15) is 5.10 Å². The van der Waals surface area contributed by atoms with Crippen LogP contribution in [0.3, 0.4) is 0 Å². The van der Waals surface area contributed by atoms with E-state index >= 15 is 0 Å². The number of benzene rings is 2. The van der Waals surface area contributed by atoms with Crippen LogP contribution < -0.4 is 10.2 Å². The molecule has 2 aromatic rings. The maximum atomic E-state index is 13.9. The van der Waals surface area contributed by atoms with E-state index in [0.29, 0.717) is 11.3 Å². The van der Waals surface area contributed by atoms with Crippen molar-refractivity contribution in [2.24, 2.45) is 5.10 Å². The summed E-state index contributed by atoms with van der Waals surface area (Å²) in [5, 5.41) is 13.5. The molecule has 130 valence electrons. The average molecular weight is 345 g/mol. The molecule has 0 saturated heterocycles. The van der Waals surface area contributed by atoms with E-state index in [2.05, 4.69) is 5.10 Å². The SMILES string of the molecule is COc1ccc(C(=O)N(C)/N=C/c2ccc(C(=O)NO)cc2F)cc1. The molecule has 0 fully saturated rings. The van der Waals surface area contributed by atoms with E-state index in [0.717, 1.165) is 17.3 Å². The van der Waals surface area contributed by atoms with Crippen molar-refractivity contribution in [2.75, 3.05) is 14.2 Å². The van der Waals surface area contributed by atoms with Crippen molar-refractivity contribution in [1.29, 1.82) is 0 Å². The summed E-state index contributed by atoms with van der Waals surface area (Å²) in [7, 11) is 2.96. The van der Waals surface area contributed by atoms with E-state index in [9.17, 15) is 14.0 Å². The van der Waals surface area contributed by atoms with Crippen LogP contribution in [0.15, 0.2) is 47.6 Å². The normalized spacial score (nSPS) is 10.6. The Balaban J connectivity index is 2.12. The first-order valence-corrected chi connectivity index (χ1v) is 7.16. The molecule has 25 heavy (non-hydrogen) atoms. The third-order valence-electron chi connectivity index (χ3n) is 3.37. The predicted molar refractivity (Wildman–Crippen MR) is 88.3 cm³/mol. The van der Waals surface area contributed by atoms with Crippen LogP contribution in [0, 0.1) is 5.82 Å². The summed E-state index contributed by atoms with van der Waals surface area (Å²) >= 11 is 0. The molecule has 0 aromatic heterocycles. The van der Waals surface area contributed by atoms with Gasteiger partial charge in [0.15, 0.2) is 0 Å². The van der Waals surface area contributed by atoms with E-state index < -0.39 is 11.7 Å². The van der Waals surface area contributed by atoms with Gasteiger partial charge in [0.1, 0.15) is 11.6 Å². The highest BCUT2D eigenvalue weighted by Crippen LogP contribution is 2.13. The fourth-order valence-corrected chi connectivity index (χ4v) is 1.96. The van der Waals surface area contributed by atoms with Gasteiger partial charge in [0.05, 0.1) is 13.3 Å². The second kappa shape index (κ2) is 8.02. The van der Waals surface area contributed by atoms with E-state index in [-0.39, 0.29) is 17.0 Å². The van der Waals surface area contributed by atoms with Gasteiger partial charge in [0.2, 0.25) is 0 Å². The Hall–Kier alpha value is -3.26. The Bertz CT molecular complexity index is 806. The number of nitrogens with one attached hydrogen (secondary N) is 1. The summed E-state index contributed by atoms with van der Waals surface area (Å²) in [6.07, 6.45) is 1.16. The summed E-state index contributed by atoms with van der Waals surface area (Å²) in [4.78, 5) is 23.4. The topological polar surface area (TPSA) is 91.2 Å². The number of hydrogen-bond acceptors (Lipinski definition) is 5. The van der Waals surface area contributed by atoms with Crippen LogP contribution in [0.1, 0.15) is 26.3 Å². The average Bonchev–Trinajstić information content (AvgIpc) is 2.65. The number of nitrogens with zero attached hydrogens (tertiary/aromatic N) is 2. The first kappa shape index (κ1) is 18.1. The highest BCUT2D eigenvalue weighted by molar-refractivity contribution is 5.96. The van der Waals surface area contributed by atoms with Crippen molar-refractivity contribution in [3.63, 3.8) is 0 Å². The molecule has 7 nitrogen and oxygen atoms in total. The van der Waals surface area contributed by atoms with Crippen molar-refractivity contribution in [1.82, 2.24) is 10.5 Å². The highest BCUT2D eigenvalue weighted by atomic mass is 19.1. The lowest BCUT2D eigenvalue weighted by Crippen LogP contribution is -2.21. The minimum absolute atomic E-state index is 0.0418. The molecule has 2 amide bonds. The van der Waals surface area contributed by atoms with Crippen molar-refractivity contribution in [3.05, 3.63) is 65.0 Å².